The maximum absolute atomic E-state index is 13.3. The van der Waals surface area contributed by atoms with Crippen molar-refractivity contribution in [2.75, 3.05) is 53.5 Å². The predicted octanol–water partition coefficient (Wildman–Crippen LogP) is 6.05. The van der Waals surface area contributed by atoms with E-state index >= 15 is 0 Å². The van der Waals surface area contributed by atoms with Gasteiger partial charge in [0.2, 0.25) is 29.0 Å². The van der Waals surface area contributed by atoms with Crippen LogP contribution >= 0.6 is 0 Å². The SMILES string of the molecule is COC1=C(OC)C(=O)C(C(C)(C)CC(=O)NCCCN(CCCCN(CCCNC(=O)OC(C)(C)C)C(=O)OC(C)(C)C)C(=O)OC(C)(C)C)=C(C)C1=O. The molecule has 0 bridgehead atoms. The van der Waals surface area contributed by atoms with Gasteiger partial charge in [0.15, 0.2) is 0 Å². The monoisotopic (exact) mass is 766 g/mol. The Morgan fingerprint density at radius 1 is 0.574 bits per heavy atom. The number of allylic oxidation sites excluding steroid dienone is 2. The van der Waals surface area contributed by atoms with Gasteiger partial charge in [0.25, 0.3) is 0 Å². The van der Waals surface area contributed by atoms with Crippen LogP contribution in [0.3, 0.4) is 0 Å². The highest BCUT2D eigenvalue weighted by Gasteiger charge is 2.42. The third-order valence-corrected chi connectivity index (χ3v) is 7.86. The van der Waals surface area contributed by atoms with Crippen molar-refractivity contribution in [1.82, 2.24) is 20.4 Å². The third-order valence-electron chi connectivity index (χ3n) is 7.86. The number of methoxy groups -OCH3 is 2. The zero-order valence-electron chi connectivity index (χ0n) is 35.2. The predicted molar refractivity (Wildman–Crippen MR) is 203 cm³/mol. The van der Waals surface area contributed by atoms with E-state index in [2.05, 4.69) is 10.6 Å². The lowest BCUT2D eigenvalue weighted by Gasteiger charge is -2.31. The number of Topliss-reactive ketones (excluding diaryl/α,β-unsaturated/α-hetero) is 2. The molecule has 0 spiro atoms. The number of hydrogen-bond donors (Lipinski definition) is 2. The summed E-state index contributed by atoms with van der Waals surface area (Å²) < 4.78 is 26.8. The number of ketones is 2. The second-order valence-corrected chi connectivity index (χ2v) is 16.9. The van der Waals surface area contributed by atoms with Crippen LogP contribution in [-0.4, -0.2) is 116 Å². The number of carbonyl (C=O) groups is 6. The molecule has 0 unspecified atom stereocenters. The maximum atomic E-state index is 13.3. The molecule has 0 aromatic carbocycles. The molecule has 0 saturated carbocycles. The van der Waals surface area contributed by atoms with Crippen LogP contribution in [-0.2, 0) is 38.1 Å². The minimum absolute atomic E-state index is 0.0704. The zero-order chi connectivity index (χ0) is 41.7. The van der Waals surface area contributed by atoms with Crippen LogP contribution in [0.1, 0.15) is 115 Å². The standard InChI is InChI=1S/C39H66N4O11/c1-26-28(30(46)32(51-14)31(50-13)29(26)45)39(11,12)25-27(44)40-19-17-23-42(34(48)53-37(5,6)7)21-15-16-22-43(35(49)54-38(8,9)10)24-18-20-41-33(47)52-36(2,3)4/h15-25H2,1-14H3,(H,40,44)(H,41,47). The molecule has 0 radical (unpaired) electrons. The van der Waals surface area contributed by atoms with Gasteiger partial charge < -0.3 is 44.1 Å². The van der Waals surface area contributed by atoms with Gasteiger partial charge in [-0.15, -0.1) is 0 Å². The van der Waals surface area contributed by atoms with Crippen LogP contribution in [0.5, 0.6) is 0 Å². The first-order valence-electron chi connectivity index (χ1n) is 18.6. The number of nitrogens with one attached hydrogen (secondary N) is 2. The Kier molecular flexibility index (Phi) is 18.0. The summed E-state index contributed by atoms with van der Waals surface area (Å²) in [4.78, 5) is 80.5. The van der Waals surface area contributed by atoms with Crippen molar-refractivity contribution < 1.29 is 52.5 Å². The fourth-order valence-electron chi connectivity index (χ4n) is 5.63. The molecule has 0 atom stereocenters. The first-order chi connectivity index (χ1) is 24.7. The topological polar surface area (TPSA) is 179 Å². The Morgan fingerprint density at radius 3 is 1.37 bits per heavy atom. The van der Waals surface area contributed by atoms with Gasteiger partial charge in [-0.1, -0.05) is 13.8 Å². The van der Waals surface area contributed by atoms with E-state index in [4.69, 9.17) is 23.7 Å². The number of ether oxygens (including phenoxy) is 5. The molecule has 2 N–H and O–H groups in total. The molecule has 15 heteroatoms. The van der Waals surface area contributed by atoms with Crippen molar-refractivity contribution in [3.05, 3.63) is 22.7 Å². The van der Waals surface area contributed by atoms with E-state index in [-0.39, 0.29) is 41.5 Å². The summed E-state index contributed by atoms with van der Waals surface area (Å²) in [5.74, 6) is -1.65. The lowest BCUT2D eigenvalue weighted by molar-refractivity contribution is -0.124. The molecule has 1 aliphatic rings. The van der Waals surface area contributed by atoms with Crippen LogP contribution < -0.4 is 10.6 Å². The number of amides is 4. The molecule has 0 aromatic rings. The molecule has 0 saturated heterocycles. The molecule has 1 rings (SSSR count). The maximum Gasteiger partial charge on any atom is 0.410 e. The number of nitrogens with zero attached hydrogens (tertiary/aromatic N) is 2. The minimum Gasteiger partial charge on any atom is -0.489 e. The Hall–Kier alpha value is -4.30. The molecule has 4 amide bonds. The molecule has 308 valence electrons. The summed E-state index contributed by atoms with van der Waals surface area (Å²) in [5.41, 5.74) is -2.62. The van der Waals surface area contributed by atoms with Crippen molar-refractivity contribution in [1.29, 1.82) is 0 Å². The van der Waals surface area contributed by atoms with Gasteiger partial charge in [0, 0.05) is 62.3 Å². The summed E-state index contributed by atoms with van der Waals surface area (Å²) in [6, 6.07) is 0. The summed E-state index contributed by atoms with van der Waals surface area (Å²) >= 11 is 0. The van der Waals surface area contributed by atoms with E-state index < -0.39 is 52.1 Å². The van der Waals surface area contributed by atoms with Crippen LogP contribution in [0.2, 0.25) is 0 Å². The summed E-state index contributed by atoms with van der Waals surface area (Å²) in [7, 11) is 2.58. The van der Waals surface area contributed by atoms with Gasteiger partial charge in [-0.25, -0.2) is 14.4 Å². The third kappa shape index (κ3) is 16.8. The minimum atomic E-state index is -0.992. The van der Waals surface area contributed by atoms with E-state index in [1.54, 1.807) is 86.0 Å². The normalized spacial score (nSPS) is 14.0. The zero-order valence-corrected chi connectivity index (χ0v) is 35.2. The van der Waals surface area contributed by atoms with Gasteiger partial charge in [0.1, 0.15) is 16.8 Å². The summed E-state index contributed by atoms with van der Waals surface area (Å²) in [5, 5.41) is 5.57. The quantitative estimate of drug-likeness (QED) is 0.0943. The summed E-state index contributed by atoms with van der Waals surface area (Å²) in [6.07, 6.45) is 0.462. The largest absolute Gasteiger partial charge is 0.489 e. The molecular weight excluding hydrogens is 700 g/mol. The fraction of sp³-hybridized carbons (Fsp3) is 0.744. The Labute approximate surface area is 321 Å². The lowest BCUT2D eigenvalue weighted by Crippen LogP contribution is -2.41. The fourth-order valence-corrected chi connectivity index (χ4v) is 5.63. The van der Waals surface area contributed by atoms with Gasteiger partial charge in [0.05, 0.1) is 14.2 Å². The van der Waals surface area contributed by atoms with Gasteiger partial charge >= 0.3 is 18.3 Å². The molecule has 0 heterocycles. The number of unbranched alkanes of at least 4 members (excludes halogenated alkanes) is 1. The lowest BCUT2D eigenvalue weighted by atomic mass is 9.73. The van der Waals surface area contributed by atoms with E-state index in [0.29, 0.717) is 58.4 Å². The molecule has 54 heavy (non-hydrogen) atoms. The average Bonchev–Trinajstić information content (AvgIpc) is 2.99. The number of carbonyl (C=O) groups excluding carboxylic acids is 6. The number of alkyl carbamates (subject to hydrolysis) is 1. The van der Waals surface area contributed by atoms with Crippen LogP contribution in [0.15, 0.2) is 22.7 Å². The number of rotatable bonds is 18. The molecule has 0 aromatic heterocycles. The van der Waals surface area contributed by atoms with Crippen LogP contribution in [0.25, 0.3) is 0 Å². The van der Waals surface area contributed by atoms with E-state index in [1.807, 2.05) is 0 Å². The smallest absolute Gasteiger partial charge is 0.410 e. The second kappa shape index (κ2) is 20.4. The van der Waals surface area contributed by atoms with Crippen molar-refractivity contribution in [3.8, 4) is 0 Å². The van der Waals surface area contributed by atoms with Crippen LogP contribution in [0.4, 0.5) is 14.4 Å². The highest BCUT2D eigenvalue weighted by Crippen LogP contribution is 2.39. The molecule has 15 nitrogen and oxygen atoms in total. The highest BCUT2D eigenvalue weighted by molar-refractivity contribution is 6.24. The van der Waals surface area contributed by atoms with E-state index in [1.165, 1.54) is 21.1 Å². The van der Waals surface area contributed by atoms with E-state index in [0.717, 1.165) is 0 Å². The van der Waals surface area contributed by atoms with Crippen molar-refractivity contribution in [2.45, 2.75) is 132 Å². The van der Waals surface area contributed by atoms with Crippen LogP contribution in [0, 0.1) is 5.41 Å². The van der Waals surface area contributed by atoms with Gasteiger partial charge in [-0.2, -0.15) is 0 Å². The first kappa shape index (κ1) is 47.7. The van der Waals surface area contributed by atoms with Gasteiger partial charge in [-0.3, -0.25) is 14.4 Å². The molecular formula is C39H66N4O11. The second-order valence-electron chi connectivity index (χ2n) is 16.9. The average molecular weight is 767 g/mol. The van der Waals surface area contributed by atoms with Crippen molar-refractivity contribution >= 4 is 35.8 Å². The van der Waals surface area contributed by atoms with Gasteiger partial charge in [-0.05, 0) is 94.9 Å². The molecule has 1 aliphatic carbocycles. The first-order valence-corrected chi connectivity index (χ1v) is 18.6. The molecule has 0 aliphatic heterocycles. The Bertz CT molecular complexity index is 1410. The Morgan fingerprint density at radius 2 is 0.963 bits per heavy atom. The summed E-state index contributed by atoms with van der Waals surface area (Å²) in [6.45, 7) is 23.0. The van der Waals surface area contributed by atoms with Crippen molar-refractivity contribution in [3.63, 3.8) is 0 Å². The molecule has 0 fully saturated rings. The highest BCUT2D eigenvalue weighted by atomic mass is 16.6. The van der Waals surface area contributed by atoms with Crippen molar-refractivity contribution in [2.24, 2.45) is 5.41 Å². The van der Waals surface area contributed by atoms with E-state index in [9.17, 15) is 28.8 Å². The Balaban J connectivity index is 2.84. The number of hydrogen-bond acceptors (Lipinski definition) is 11.